The molecule has 0 fully saturated rings. The van der Waals surface area contributed by atoms with Gasteiger partial charge in [0.25, 0.3) is 0 Å². The zero-order valence-electron chi connectivity index (χ0n) is 19.9. The van der Waals surface area contributed by atoms with Crippen LogP contribution in [0.15, 0.2) is 30.3 Å². The van der Waals surface area contributed by atoms with Gasteiger partial charge in [-0.1, -0.05) is 30.3 Å². The summed E-state index contributed by atoms with van der Waals surface area (Å²) < 4.78 is 0. The second-order valence-electron chi connectivity index (χ2n) is 8.22. The van der Waals surface area contributed by atoms with E-state index in [-0.39, 0.29) is 25.7 Å². The molecule has 0 spiro atoms. The van der Waals surface area contributed by atoms with Crippen molar-refractivity contribution in [3.05, 3.63) is 35.9 Å². The maximum atomic E-state index is 13.1. The van der Waals surface area contributed by atoms with Gasteiger partial charge in [-0.2, -0.15) is 0 Å². The lowest BCUT2D eigenvalue weighted by atomic mass is 10.0. The van der Waals surface area contributed by atoms with E-state index in [1.165, 1.54) is 0 Å². The lowest BCUT2D eigenvalue weighted by Crippen LogP contribution is -2.58. The van der Waals surface area contributed by atoms with Gasteiger partial charge in [0, 0.05) is 12.8 Å². The van der Waals surface area contributed by atoms with Gasteiger partial charge in [0.1, 0.15) is 18.1 Å². The van der Waals surface area contributed by atoms with Gasteiger partial charge in [-0.3, -0.25) is 19.2 Å². The van der Waals surface area contributed by atoms with Gasteiger partial charge in [-0.25, -0.2) is 4.79 Å². The van der Waals surface area contributed by atoms with Gasteiger partial charge < -0.3 is 42.7 Å². The van der Waals surface area contributed by atoms with E-state index in [0.717, 1.165) is 0 Å². The second kappa shape index (κ2) is 16.2. The fourth-order valence-corrected chi connectivity index (χ4v) is 3.24. The van der Waals surface area contributed by atoms with Gasteiger partial charge in [0.15, 0.2) is 0 Å². The Kier molecular flexibility index (Phi) is 13.7. The molecule has 0 aliphatic heterocycles. The zero-order valence-corrected chi connectivity index (χ0v) is 19.9. The molecule has 13 nitrogen and oxygen atoms in total. The average molecular weight is 510 g/mol. The summed E-state index contributed by atoms with van der Waals surface area (Å²) in [4.78, 5) is 60.4. The summed E-state index contributed by atoms with van der Waals surface area (Å²) in [7, 11) is 0. The number of carboxylic acid groups (broad SMARTS) is 2. The number of nitrogens with one attached hydrogen (secondary N) is 3. The third kappa shape index (κ3) is 11.3. The highest BCUT2D eigenvalue weighted by atomic mass is 16.4. The standard InChI is InChI=1S/C23H35N5O8/c24-11-5-4-8-16(26-20(32)15(25)9-10-19(30)31)21(33)27-17(12-14-6-2-1-3-7-14)22(34)28-18(13-29)23(35)36/h1-3,6-7,15-18,29H,4-5,8-13,24-25H2,(H,26,32)(H,27,33)(H,28,34)(H,30,31)(H,35,36). The van der Waals surface area contributed by atoms with E-state index in [1.54, 1.807) is 30.3 Å². The van der Waals surface area contributed by atoms with Crippen LogP contribution in [0.25, 0.3) is 0 Å². The molecule has 1 aromatic carbocycles. The van der Waals surface area contributed by atoms with Crippen LogP contribution in [0.3, 0.4) is 0 Å². The largest absolute Gasteiger partial charge is 0.481 e. The minimum atomic E-state index is -1.57. The van der Waals surface area contributed by atoms with Crippen molar-refractivity contribution in [1.82, 2.24) is 16.0 Å². The molecule has 0 radical (unpaired) electrons. The maximum absolute atomic E-state index is 13.1. The SMILES string of the molecule is NCCCCC(NC(=O)C(N)CCC(=O)O)C(=O)NC(Cc1ccccc1)C(=O)NC(CO)C(=O)O. The summed E-state index contributed by atoms with van der Waals surface area (Å²) in [6.07, 6.45) is 0.769. The van der Waals surface area contributed by atoms with Crippen molar-refractivity contribution in [2.75, 3.05) is 13.2 Å². The first-order valence-corrected chi connectivity index (χ1v) is 11.5. The van der Waals surface area contributed by atoms with E-state index in [1.807, 2.05) is 0 Å². The summed E-state index contributed by atoms with van der Waals surface area (Å²) in [5.41, 5.74) is 11.9. The van der Waals surface area contributed by atoms with Crippen molar-refractivity contribution in [2.45, 2.75) is 62.7 Å². The predicted octanol–water partition coefficient (Wildman–Crippen LogP) is -1.92. The Hall–Kier alpha value is -3.55. The van der Waals surface area contributed by atoms with E-state index in [2.05, 4.69) is 16.0 Å². The molecular formula is C23H35N5O8. The summed E-state index contributed by atoms with van der Waals surface area (Å²) >= 11 is 0. The number of aliphatic carboxylic acids is 2. The van der Waals surface area contributed by atoms with Gasteiger partial charge in [0.05, 0.1) is 12.6 Å². The zero-order chi connectivity index (χ0) is 27.1. The van der Waals surface area contributed by atoms with E-state index >= 15 is 0 Å². The summed E-state index contributed by atoms with van der Waals surface area (Å²) in [6, 6.07) is 3.62. The van der Waals surface area contributed by atoms with Gasteiger partial charge >= 0.3 is 11.9 Å². The Balaban J connectivity index is 3.04. The number of benzene rings is 1. The second-order valence-corrected chi connectivity index (χ2v) is 8.22. The quantitative estimate of drug-likeness (QED) is 0.108. The Morgan fingerprint density at radius 3 is 1.94 bits per heavy atom. The molecule has 10 N–H and O–H groups in total. The summed E-state index contributed by atoms with van der Waals surface area (Å²) in [6.45, 7) is -0.490. The molecule has 0 aliphatic carbocycles. The molecule has 200 valence electrons. The molecule has 36 heavy (non-hydrogen) atoms. The number of nitrogens with two attached hydrogens (primary N) is 2. The van der Waals surface area contributed by atoms with Crippen LogP contribution in [0, 0.1) is 0 Å². The lowest BCUT2D eigenvalue weighted by Gasteiger charge is -2.25. The van der Waals surface area contributed by atoms with Crippen LogP contribution >= 0.6 is 0 Å². The minimum absolute atomic E-state index is 0.0117. The van der Waals surface area contributed by atoms with Crippen molar-refractivity contribution in [2.24, 2.45) is 11.5 Å². The normalized spacial score (nSPS) is 14.1. The van der Waals surface area contributed by atoms with Crippen LogP contribution in [-0.4, -0.2) is 82.3 Å². The molecule has 3 amide bonds. The van der Waals surface area contributed by atoms with Gasteiger partial charge in [-0.15, -0.1) is 0 Å². The monoisotopic (exact) mass is 509 g/mol. The van der Waals surface area contributed by atoms with Crippen LogP contribution in [0.2, 0.25) is 0 Å². The van der Waals surface area contributed by atoms with Gasteiger partial charge in [-0.05, 0) is 37.8 Å². The molecule has 13 heteroatoms. The van der Waals surface area contributed by atoms with Crippen molar-refractivity contribution < 1.29 is 39.3 Å². The first-order valence-electron chi connectivity index (χ1n) is 11.5. The fraction of sp³-hybridized carbons (Fsp3) is 0.522. The molecule has 0 aromatic heterocycles. The van der Waals surface area contributed by atoms with Crippen LogP contribution in [0.4, 0.5) is 0 Å². The maximum Gasteiger partial charge on any atom is 0.328 e. The topological polar surface area (TPSA) is 234 Å². The minimum Gasteiger partial charge on any atom is -0.481 e. The van der Waals surface area contributed by atoms with E-state index in [0.29, 0.717) is 24.9 Å². The number of carbonyl (C=O) groups is 5. The molecule has 1 rings (SSSR count). The Morgan fingerprint density at radius 1 is 0.806 bits per heavy atom. The first-order chi connectivity index (χ1) is 17.1. The average Bonchev–Trinajstić information content (AvgIpc) is 2.84. The third-order valence-electron chi connectivity index (χ3n) is 5.30. The number of carbonyl (C=O) groups excluding carboxylic acids is 3. The van der Waals surface area contributed by atoms with Crippen molar-refractivity contribution in [3.63, 3.8) is 0 Å². The van der Waals surface area contributed by atoms with Crippen molar-refractivity contribution >= 4 is 29.7 Å². The number of carboxylic acids is 2. The summed E-state index contributed by atoms with van der Waals surface area (Å²) in [5.74, 6) is -4.83. The molecule has 0 saturated carbocycles. The number of unbranched alkanes of at least 4 members (excludes halogenated alkanes) is 1. The number of amides is 3. The predicted molar refractivity (Wildman–Crippen MR) is 128 cm³/mol. The number of rotatable bonds is 17. The smallest absolute Gasteiger partial charge is 0.328 e. The number of hydrogen-bond acceptors (Lipinski definition) is 8. The molecule has 0 aliphatic rings. The Morgan fingerprint density at radius 2 is 1.39 bits per heavy atom. The fourth-order valence-electron chi connectivity index (χ4n) is 3.24. The molecule has 4 unspecified atom stereocenters. The number of aliphatic hydroxyl groups is 1. The van der Waals surface area contributed by atoms with Crippen LogP contribution < -0.4 is 27.4 Å². The van der Waals surface area contributed by atoms with Gasteiger partial charge in [0.2, 0.25) is 17.7 Å². The van der Waals surface area contributed by atoms with E-state index in [9.17, 15) is 29.1 Å². The lowest BCUT2D eigenvalue weighted by molar-refractivity contribution is -0.143. The molecule has 0 heterocycles. The first kappa shape index (κ1) is 30.5. The van der Waals surface area contributed by atoms with Crippen LogP contribution in [-0.2, 0) is 30.4 Å². The van der Waals surface area contributed by atoms with Crippen LogP contribution in [0.1, 0.15) is 37.7 Å². The Bertz CT molecular complexity index is 883. The van der Waals surface area contributed by atoms with E-state index < -0.39 is 60.4 Å². The molecule has 0 saturated heterocycles. The van der Waals surface area contributed by atoms with Crippen molar-refractivity contribution in [1.29, 1.82) is 0 Å². The molecular weight excluding hydrogens is 474 g/mol. The summed E-state index contributed by atoms with van der Waals surface area (Å²) in [5, 5.41) is 34.4. The molecule has 1 aromatic rings. The number of hydrogen-bond donors (Lipinski definition) is 8. The Labute approximate surface area is 208 Å². The molecule has 0 bridgehead atoms. The number of aliphatic hydroxyl groups excluding tert-OH is 1. The highest BCUT2D eigenvalue weighted by Gasteiger charge is 2.30. The molecule has 4 atom stereocenters. The third-order valence-corrected chi connectivity index (χ3v) is 5.30. The van der Waals surface area contributed by atoms with Crippen LogP contribution in [0.5, 0.6) is 0 Å². The highest BCUT2D eigenvalue weighted by molar-refractivity contribution is 5.94. The highest BCUT2D eigenvalue weighted by Crippen LogP contribution is 2.07. The van der Waals surface area contributed by atoms with E-state index in [4.69, 9.17) is 21.7 Å². The van der Waals surface area contributed by atoms with Crippen molar-refractivity contribution in [3.8, 4) is 0 Å².